The summed E-state index contributed by atoms with van der Waals surface area (Å²) in [6.45, 7) is 1.95. The van der Waals surface area contributed by atoms with Gasteiger partial charge in [0, 0.05) is 13.5 Å². The number of rotatable bonds is 5. The molecule has 4 nitrogen and oxygen atoms in total. The molecule has 1 amide bonds. The van der Waals surface area contributed by atoms with Crippen molar-refractivity contribution in [3.63, 3.8) is 0 Å². The molecule has 0 unspecified atom stereocenters. The second-order valence-electron chi connectivity index (χ2n) is 3.57. The van der Waals surface area contributed by atoms with Crippen LogP contribution in [0.3, 0.4) is 0 Å². The fourth-order valence-electron chi connectivity index (χ4n) is 1.39. The van der Waals surface area contributed by atoms with Crippen molar-refractivity contribution in [1.29, 1.82) is 0 Å². The van der Waals surface area contributed by atoms with E-state index in [1.165, 1.54) is 19.1 Å². The molecule has 0 saturated carbocycles. The summed E-state index contributed by atoms with van der Waals surface area (Å²) in [4.78, 5) is 23.9. The zero-order chi connectivity index (χ0) is 12.7. The van der Waals surface area contributed by atoms with Crippen LogP contribution in [0.2, 0.25) is 0 Å². The Hall–Kier alpha value is -2.00. The van der Waals surface area contributed by atoms with Crippen molar-refractivity contribution in [2.24, 2.45) is 4.99 Å². The highest BCUT2D eigenvalue weighted by Gasteiger charge is 2.03. The number of isocyanates is 1. The van der Waals surface area contributed by atoms with Crippen LogP contribution in [0.15, 0.2) is 23.2 Å². The first kappa shape index (κ1) is 13.1. The Kier molecular flexibility index (Phi) is 5.04. The molecule has 0 saturated heterocycles. The average molecular weight is 236 g/mol. The van der Waals surface area contributed by atoms with Crippen LogP contribution < -0.4 is 5.32 Å². The van der Waals surface area contributed by atoms with Gasteiger partial charge in [0.05, 0.1) is 6.54 Å². The van der Waals surface area contributed by atoms with Crippen LogP contribution in [0.25, 0.3) is 0 Å². The first-order chi connectivity index (χ1) is 8.13. The van der Waals surface area contributed by atoms with Crippen molar-refractivity contribution in [2.75, 3.05) is 6.54 Å². The molecule has 0 aliphatic rings. The van der Waals surface area contributed by atoms with Crippen molar-refractivity contribution in [1.82, 2.24) is 5.32 Å². The predicted octanol–water partition coefficient (Wildman–Crippen LogP) is 1.34. The molecule has 17 heavy (non-hydrogen) atoms. The summed E-state index contributed by atoms with van der Waals surface area (Å²) in [5.41, 5.74) is 1.15. The highest BCUT2D eigenvalue weighted by molar-refractivity contribution is 5.72. The fourth-order valence-corrected chi connectivity index (χ4v) is 1.39. The van der Waals surface area contributed by atoms with E-state index in [0.717, 1.165) is 0 Å². The molecule has 0 fully saturated rings. The molecular formula is C12H13FN2O2. The molecule has 0 aliphatic heterocycles. The van der Waals surface area contributed by atoms with Gasteiger partial charge in [0.1, 0.15) is 5.82 Å². The molecular weight excluding hydrogens is 223 g/mol. The van der Waals surface area contributed by atoms with E-state index in [1.54, 1.807) is 12.1 Å². The van der Waals surface area contributed by atoms with Crippen LogP contribution in [0, 0.1) is 5.82 Å². The van der Waals surface area contributed by atoms with Gasteiger partial charge in [0.25, 0.3) is 0 Å². The molecule has 0 radical (unpaired) electrons. The quantitative estimate of drug-likeness (QED) is 0.619. The van der Waals surface area contributed by atoms with Crippen molar-refractivity contribution < 1.29 is 14.0 Å². The van der Waals surface area contributed by atoms with Crippen LogP contribution in [0.1, 0.15) is 18.1 Å². The first-order valence-electron chi connectivity index (χ1n) is 5.19. The maximum Gasteiger partial charge on any atom is 0.235 e. The summed E-state index contributed by atoms with van der Waals surface area (Å²) in [6, 6.07) is 4.67. The van der Waals surface area contributed by atoms with Crippen molar-refractivity contribution >= 4 is 12.0 Å². The monoisotopic (exact) mass is 236 g/mol. The van der Waals surface area contributed by atoms with E-state index in [4.69, 9.17) is 0 Å². The van der Waals surface area contributed by atoms with Gasteiger partial charge in [-0.05, 0) is 23.6 Å². The van der Waals surface area contributed by atoms with E-state index in [2.05, 4.69) is 10.3 Å². The maximum absolute atomic E-state index is 13.5. The van der Waals surface area contributed by atoms with E-state index in [-0.39, 0.29) is 18.3 Å². The lowest BCUT2D eigenvalue weighted by molar-refractivity contribution is -0.118. The molecule has 5 heteroatoms. The van der Waals surface area contributed by atoms with Crippen LogP contribution >= 0.6 is 0 Å². The number of hydrogen-bond acceptors (Lipinski definition) is 3. The van der Waals surface area contributed by atoms with Gasteiger partial charge in [-0.2, -0.15) is 0 Å². The number of nitrogens with zero attached hydrogens (tertiary/aromatic N) is 1. The lowest BCUT2D eigenvalue weighted by Crippen LogP contribution is -2.22. The Labute approximate surface area is 98.6 Å². The molecule has 1 aromatic rings. The van der Waals surface area contributed by atoms with Crippen LogP contribution in [-0.2, 0) is 22.6 Å². The van der Waals surface area contributed by atoms with Crippen LogP contribution in [0.4, 0.5) is 4.39 Å². The minimum Gasteiger partial charge on any atom is -0.356 e. The normalized spacial score (nSPS) is 9.53. The standard InChI is InChI=1S/C12H13FN2O2/c1-9(17)15-5-4-11-3-2-10(6-12(11)13)7-14-8-16/h2-3,6H,4-5,7H2,1H3,(H,15,17). The molecule has 90 valence electrons. The van der Waals surface area contributed by atoms with Crippen molar-refractivity contribution in [3.05, 3.63) is 35.1 Å². The first-order valence-corrected chi connectivity index (χ1v) is 5.19. The third-order valence-electron chi connectivity index (χ3n) is 2.21. The van der Waals surface area contributed by atoms with Gasteiger partial charge < -0.3 is 5.32 Å². The fraction of sp³-hybridized carbons (Fsp3) is 0.333. The molecule has 0 bridgehead atoms. The average Bonchev–Trinajstić information content (AvgIpc) is 2.28. The Bertz CT molecular complexity index is 454. The Morgan fingerprint density at radius 2 is 2.29 bits per heavy atom. The van der Waals surface area contributed by atoms with Crippen molar-refractivity contribution in [3.8, 4) is 0 Å². The minimum absolute atomic E-state index is 0.131. The molecule has 1 N–H and O–H groups in total. The molecule has 1 rings (SSSR count). The predicted molar refractivity (Wildman–Crippen MR) is 60.6 cm³/mol. The summed E-state index contributed by atoms with van der Waals surface area (Å²) < 4.78 is 13.5. The van der Waals surface area contributed by atoms with Gasteiger partial charge in [0.2, 0.25) is 12.0 Å². The van der Waals surface area contributed by atoms with E-state index >= 15 is 0 Å². The smallest absolute Gasteiger partial charge is 0.235 e. The molecule has 1 aromatic carbocycles. The SMILES string of the molecule is CC(=O)NCCc1ccc(CN=C=O)cc1F. The molecule has 0 spiro atoms. The van der Waals surface area contributed by atoms with E-state index in [1.807, 2.05) is 0 Å². The zero-order valence-electron chi connectivity index (χ0n) is 9.50. The number of aliphatic imine (C=N–C) groups is 1. The molecule has 0 heterocycles. The van der Waals surface area contributed by atoms with Gasteiger partial charge in [-0.25, -0.2) is 14.2 Å². The highest BCUT2D eigenvalue weighted by Crippen LogP contribution is 2.11. The van der Waals surface area contributed by atoms with Gasteiger partial charge in [0.15, 0.2) is 0 Å². The van der Waals surface area contributed by atoms with Crippen LogP contribution in [0.5, 0.6) is 0 Å². The summed E-state index contributed by atoms with van der Waals surface area (Å²) in [6.07, 6.45) is 1.84. The van der Waals surface area contributed by atoms with Gasteiger partial charge in [-0.3, -0.25) is 4.79 Å². The summed E-state index contributed by atoms with van der Waals surface area (Å²) in [5, 5.41) is 2.59. The number of hydrogen-bond donors (Lipinski definition) is 1. The molecule has 0 atom stereocenters. The highest BCUT2D eigenvalue weighted by atomic mass is 19.1. The third-order valence-corrected chi connectivity index (χ3v) is 2.21. The number of nitrogens with one attached hydrogen (secondary N) is 1. The second kappa shape index (κ2) is 6.55. The third kappa shape index (κ3) is 4.57. The number of carbonyl (C=O) groups excluding carboxylic acids is 2. The lowest BCUT2D eigenvalue weighted by Gasteiger charge is -2.05. The van der Waals surface area contributed by atoms with E-state index in [9.17, 15) is 14.0 Å². The number of carbonyl (C=O) groups is 1. The molecule has 0 aromatic heterocycles. The van der Waals surface area contributed by atoms with Gasteiger partial charge in [-0.15, -0.1) is 0 Å². The summed E-state index contributed by atoms with van der Waals surface area (Å²) in [7, 11) is 0. The van der Waals surface area contributed by atoms with E-state index < -0.39 is 0 Å². The largest absolute Gasteiger partial charge is 0.356 e. The van der Waals surface area contributed by atoms with Crippen LogP contribution in [-0.4, -0.2) is 18.5 Å². The number of benzene rings is 1. The Morgan fingerprint density at radius 1 is 1.53 bits per heavy atom. The van der Waals surface area contributed by atoms with Crippen molar-refractivity contribution in [2.45, 2.75) is 19.9 Å². The maximum atomic E-state index is 13.5. The Balaban J connectivity index is 2.62. The van der Waals surface area contributed by atoms with Gasteiger partial charge in [-0.1, -0.05) is 12.1 Å². The second-order valence-corrected chi connectivity index (χ2v) is 3.57. The number of amides is 1. The Morgan fingerprint density at radius 3 is 2.88 bits per heavy atom. The van der Waals surface area contributed by atoms with Gasteiger partial charge >= 0.3 is 0 Å². The minimum atomic E-state index is -0.353. The zero-order valence-corrected chi connectivity index (χ0v) is 9.50. The molecule has 0 aliphatic carbocycles. The summed E-state index contributed by atoms with van der Waals surface area (Å²) >= 11 is 0. The summed E-state index contributed by atoms with van der Waals surface area (Å²) in [5.74, 6) is -0.490. The lowest BCUT2D eigenvalue weighted by atomic mass is 10.1. The number of halogens is 1. The van der Waals surface area contributed by atoms with E-state index in [0.29, 0.717) is 24.1 Å². The topological polar surface area (TPSA) is 58.5 Å².